The number of phenols is 3. The molecule has 0 radical (unpaired) electrons. The number of aryl methyl sites for hydroxylation is 3. The molecule has 5 heteroatoms. The van der Waals surface area contributed by atoms with E-state index in [1.54, 1.807) is 24.3 Å². The van der Waals surface area contributed by atoms with Gasteiger partial charge in [-0.3, -0.25) is 0 Å². The van der Waals surface area contributed by atoms with Crippen LogP contribution in [0.2, 0.25) is 0 Å². The van der Waals surface area contributed by atoms with E-state index in [0.29, 0.717) is 28.4 Å². The average Bonchev–Trinajstić information content (AvgIpc) is 2.78. The van der Waals surface area contributed by atoms with Gasteiger partial charge in [-0.1, -0.05) is 30.3 Å². The van der Waals surface area contributed by atoms with Gasteiger partial charge in [0.15, 0.2) is 0 Å². The number of phenolic OH excluding ortho intramolecular Hbond substituents is 3. The van der Waals surface area contributed by atoms with Crippen molar-refractivity contribution in [3.05, 3.63) is 95.1 Å². The van der Waals surface area contributed by atoms with Crippen molar-refractivity contribution in [2.24, 2.45) is 0 Å². The largest absolute Gasteiger partial charge is 0.507 e. The number of nitrogens with zero attached hydrogens (tertiary/aromatic N) is 1. The van der Waals surface area contributed by atoms with E-state index >= 15 is 0 Å². The Morgan fingerprint density at radius 2 is 1.15 bits per heavy atom. The van der Waals surface area contributed by atoms with Gasteiger partial charge in [0, 0.05) is 11.3 Å². The minimum atomic E-state index is 0.115. The minimum absolute atomic E-state index is 0.115. The standard InChI is InChI=1S/C28H27NO4/c1-17-7-5-9-23(30)26(17)29(27-18(2)8-6-10-24(27)31)21-12-14-22(15-13-21)33-25-16-11-19(3)28(32)20(25)4/h5-16,30-32H,1-4H3. The first-order valence-corrected chi connectivity index (χ1v) is 10.7. The molecule has 0 unspecified atom stereocenters. The Kier molecular flexibility index (Phi) is 5.88. The van der Waals surface area contributed by atoms with Crippen LogP contribution in [0, 0.1) is 27.7 Å². The molecule has 0 aliphatic rings. The van der Waals surface area contributed by atoms with Crippen molar-refractivity contribution in [3.63, 3.8) is 0 Å². The fourth-order valence-corrected chi connectivity index (χ4v) is 3.96. The lowest BCUT2D eigenvalue weighted by Crippen LogP contribution is -2.13. The van der Waals surface area contributed by atoms with Crippen LogP contribution in [0.1, 0.15) is 22.3 Å². The van der Waals surface area contributed by atoms with Gasteiger partial charge in [-0.2, -0.15) is 0 Å². The van der Waals surface area contributed by atoms with E-state index in [9.17, 15) is 15.3 Å². The van der Waals surface area contributed by atoms with Crippen LogP contribution in [0.5, 0.6) is 28.7 Å². The molecule has 0 saturated heterocycles. The van der Waals surface area contributed by atoms with E-state index in [1.165, 1.54) is 0 Å². The van der Waals surface area contributed by atoms with Crippen LogP contribution in [-0.2, 0) is 0 Å². The molecule has 0 heterocycles. The van der Waals surface area contributed by atoms with E-state index in [-0.39, 0.29) is 17.2 Å². The molecule has 0 aliphatic carbocycles. The molecule has 0 atom stereocenters. The molecule has 3 N–H and O–H groups in total. The van der Waals surface area contributed by atoms with E-state index in [0.717, 1.165) is 22.4 Å². The van der Waals surface area contributed by atoms with Gasteiger partial charge in [-0.05, 0) is 86.8 Å². The Hall–Kier alpha value is -4.12. The number of ether oxygens (including phenoxy) is 1. The molecule has 5 nitrogen and oxygen atoms in total. The van der Waals surface area contributed by atoms with E-state index in [1.807, 2.05) is 81.1 Å². The Morgan fingerprint density at radius 1 is 0.606 bits per heavy atom. The summed E-state index contributed by atoms with van der Waals surface area (Å²) in [5.74, 6) is 1.64. The third-order valence-electron chi connectivity index (χ3n) is 5.79. The van der Waals surface area contributed by atoms with Crippen molar-refractivity contribution < 1.29 is 20.1 Å². The molecule has 4 aromatic carbocycles. The second-order valence-electron chi connectivity index (χ2n) is 8.17. The second-order valence-corrected chi connectivity index (χ2v) is 8.17. The molecule has 4 aromatic rings. The van der Waals surface area contributed by atoms with Crippen LogP contribution >= 0.6 is 0 Å². The van der Waals surface area contributed by atoms with Gasteiger partial charge in [0.1, 0.15) is 28.7 Å². The number of benzene rings is 4. The Bertz CT molecular complexity index is 1220. The molecule has 0 amide bonds. The predicted molar refractivity (Wildman–Crippen MR) is 132 cm³/mol. The molecule has 0 saturated carbocycles. The predicted octanol–water partition coefficient (Wildman–Crippen LogP) is 7.30. The minimum Gasteiger partial charge on any atom is -0.507 e. The lowest BCUT2D eigenvalue weighted by atomic mass is 10.1. The van der Waals surface area contributed by atoms with Crippen LogP contribution in [-0.4, -0.2) is 15.3 Å². The van der Waals surface area contributed by atoms with Gasteiger partial charge in [-0.25, -0.2) is 0 Å². The zero-order chi connectivity index (χ0) is 23.7. The van der Waals surface area contributed by atoms with E-state index < -0.39 is 0 Å². The topological polar surface area (TPSA) is 73.2 Å². The van der Waals surface area contributed by atoms with Gasteiger partial charge < -0.3 is 25.0 Å². The molecule has 33 heavy (non-hydrogen) atoms. The molecule has 0 aromatic heterocycles. The van der Waals surface area contributed by atoms with Crippen LogP contribution in [0.15, 0.2) is 72.8 Å². The lowest BCUT2D eigenvalue weighted by Gasteiger charge is -2.29. The normalized spacial score (nSPS) is 10.8. The summed E-state index contributed by atoms with van der Waals surface area (Å²) in [7, 11) is 0. The molecule has 168 valence electrons. The SMILES string of the molecule is Cc1ccc(Oc2ccc(N(c3c(C)cccc3O)c3c(C)cccc3O)cc2)c(C)c1O. The fraction of sp³-hybridized carbons (Fsp3) is 0.143. The molecule has 0 aliphatic heterocycles. The van der Waals surface area contributed by atoms with Crippen LogP contribution < -0.4 is 9.64 Å². The van der Waals surface area contributed by atoms with Crippen LogP contribution in [0.4, 0.5) is 17.1 Å². The molecule has 0 fully saturated rings. The quantitative estimate of drug-likeness (QED) is 0.303. The van der Waals surface area contributed by atoms with Gasteiger partial charge in [-0.15, -0.1) is 0 Å². The van der Waals surface area contributed by atoms with Crippen LogP contribution in [0.25, 0.3) is 0 Å². The van der Waals surface area contributed by atoms with Crippen molar-refractivity contribution in [2.75, 3.05) is 4.90 Å². The number of aromatic hydroxyl groups is 3. The number of anilines is 3. The monoisotopic (exact) mass is 441 g/mol. The highest BCUT2D eigenvalue weighted by Crippen LogP contribution is 2.46. The molecular formula is C28H27NO4. The average molecular weight is 442 g/mol. The third kappa shape index (κ3) is 4.17. The summed E-state index contributed by atoms with van der Waals surface area (Å²) in [6.45, 7) is 7.50. The Labute approximate surface area is 193 Å². The number of para-hydroxylation sites is 2. The summed E-state index contributed by atoms with van der Waals surface area (Å²) in [5.41, 5.74) is 5.13. The Morgan fingerprint density at radius 3 is 1.67 bits per heavy atom. The maximum Gasteiger partial charge on any atom is 0.139 e. The third-order valence-corrected chi connectivity index (χ3v) is 5.79. The van der Waals surface area contributed by atoms with Crippen LogP contribution in [0.3, 0.4) is 0 Å². The van der Waals surface area contributed by atoms with Gasteiger partial charge >= 0.3 is 0 Å². The van der Waals surface area contributed by atoms with E-state index in [4.69, 9.17) is 4.74 Å². The molecule has 4 rings (SSSR count). The molecule has 0 spiro atoms. The van der Waals surface area contributed by atoms with Gasteiger partial charge in [0.2, 0.25) is 0 Å². The zero-order valence-electron chi connectivity index (χ0n) is 19.1. The number of hydrogen-bond acceptors (Lipinski definition) is 5. The summed E-state index contributed by atoms with van der Waals surface area (Å²) in [4.78, 5) is 1.85. The fourth-order valence-electron chi connectivity index (χ4n) is 3.96. The van der Waals surface area contributed by atoms with Crippen molar-refractivity contribution in [3.8, 4) is 28.7 Å². The second kappa shape index (κ2) is 8.79. The van der Waals surface area contributed by atoms with Crippen molar-refractivity contribution >= 4 is 17.1 Å². The zero-order valence-corrected chi connectivity index (χ0v) is 19.1. The highest BCUT2D eigenvalue weighted by molar-refractivity contribution is 5.86. The summed E-state index contributed by atoms with van der Waals surface area (Å²) in [6.07, 6.45) is 0. The van der Waals surface area contributed by atoms with Crippen molar-refractivity contribution in [1.82, 2.24) is 0 Å². The van der Waals surface area contributed by atoms with E-state index in [2.05, 4.69) is 0 Å². The van der Waals surface area contributed by atoms with Gasteiger partial charge in [0.05, 0.1) is 11.4 Å². The Balaban J connectivity index is 1.79. The summed E-state index contributed by atoms with van der Waals surface area (Å²) in [5, 5.41) is 31.6. The maximum absolute atomic E-state index is 10.7. The highest BCUT2D eigenvalue weighted by Gasteiger charge is 2.22. The van der Waals surface area contributed by atoms with Crippen molar-refractivity contribution in [1.29, 1.82) is 0 Å². The number of rotatable bonds is 5. The smallest absolute Gasteiger partial charge is 0.139 e. The number of hydrogen-bond donors (Lipinski definition) is 3. The molecular weight excluding hydrogens is 414 g/mol. The lowest BCUT2D eigenvalue weighted by molar-refractivity contribution is 0.445. The summed E-state index contributed by atoms with van der Waals surface area (Å²) >= 11 is 0. The molecule has 0 bridgehead atoms. The summed E-state index contributed by atoms with van der Waals surface area (Å²) < 4.78 is 6.01. The first-order valence-electron chi connectivity index (χ1n) is 10.7. The first-order chi connectivity index (χ1) is 15.8. The summed E-state index contributed by atoms with van der Waals surface area (Å²) in [6, 6.07) is 21.7. The van der Waals surface area contributed by atoms with Gasteiger partial charge in [0.25, 0.3) is 0 Å². The highest BCUT2D eigenvalue weighted by atomic mass is 16.5. The maximum atomic E-state index is 10.7. The van der Waals surface area contributed by atoms with Crippen molar-refractivity contribution in [2.45, 2.75) is 27.7 Å². The first kappa shape index (κ1) is 22.1.